The van der Waals surface area contributed by atoms with E-state index in [1.54, 1.807) is 18.2 Å². The Morgan fingerprint density at radius 1 is 1.55 bits per heavy atom. The molecule has 2 atom stereocenters. The highest BCUT2D eigenvalue weighted by atomic mass is 32.2. The van der Waals surface area contributed by atoms with Crippen molar-refractivity contribution in [3.63, 3.8) is 0 Å². The lowest BCUT2D eigenvalue weighted by atomic mass is 10.1. The zero-order valence-electron chi connectivity index (χ0n) is 10.8. The van der Waals surface area contributed by atoms with Crippen LogP contribution in [0.5, 0.6) is 5.75 Å². The van der Waals surface area contributed by atoms with E-state index in [9.17, 15) is 9.00 Å². The fourth-order valence-corrected chi connectivity index (χ4v) is 2.15. The van der Waals surface area contributed by atoms with Crippen molar-refractivity contribution < 1.29 is 18.3 Å². The fraction of sp³-hybridized carbons (Fsp3) is 0.273. The number of hydrogen-bond acceptors (Lipinski definition) is 4. The van der Waals surface area contributed by atoms with Gasteiger partial charge in [-0.25, -0.2) is 4.21 Å². The zero-order chi connectivity index (χ0) is 15.1. The number of amides is 1. The Balaban J connectivity index is 2.86. The van der Waals surface area contributed by atoms with Gasteiger partial charge in [0.25, 0.3) is 11.3 Å². The highest BCUT2D eigenvalue weighted by molar-refractivity contribution is 7.80. The third kappa shape index (κ3) is 5.24. The first-order valence-electron chi connectivity index (χ1n) is 5.64. The van der Waals surface area contributed by atoms with Crippen LogP contribution in [-0.2, 0) is 16.1 Å². The first-order valence-corrected chi connectivity index (χ1v) is 7.32. The molecule has 0 heterocycles. The Labute approximate surface area is 121 Å². The minimum atomic E-state index is -2.23. The lowest BCUT2D eigenvalue weighted by Crippen LogP contribution is -2.25. The molecule has 0 aliphatic heterocycles. The van der Waals surface area contributed by atoms with Gasteiger partial charge in [-0.1, -0.05) is 15.3 Å². The predicted molar refractivity (Wildman–Crippen MR) is 81.6 cm³/mol. The molecular weight excluding hydrogens is 301 g/mol. The molecule has 1 rings (SSSR count). The Morgan fingerprint density at radius 2 is 2.25 bits per heavy atom. The summed E-state index contributed by atoms with van der Waals surface area (Å²) < 4.78 is 27.5. The molecule has 110 valence electrons. The van der Waals surface area contributed by atoms with Gasteiger partial charge in [0.2, 0.25) is 5.91 Å². The van der Waals surface area contributed by atoms with Gasteiger partial charge in [0.05, 0.1) is 23.2 Å². The smallest absolute Gasteiger partial charge is 0.259 e. The second kappa shape index (κ2) is 7.94. The molecule has 1 amide bonds. The molecule has 20 heavy (non-hydrogen) atoms. The Hall–Kier alpha value is -1.50. The normalized spacial score (nSPS) is 11.6. The average Bonchev–Trinajstić information content (AvgIpc) is 2.33. The number of carbonyl (C=O) groups is 1. The van der Waals surface area contributed by atoms with E-state index in [0.29, 0.717) is 23.5 Å². The molecule has 1 aromatic rings. The van der Waals surface area contributed by atoms with Crippen molar-refractivity contribution in [3.8, 4) is 5.75 Å². The fourth-order valence-electron chi connectivity index (χ4n) is 1.50. The number of hydrogen-bond donors (Lipinski definition) is 4. The summed E-state index contributed by atoms with van der Waals surface area (Å²) in [7, 11) is 2.21. The third-order valence-corrected chi connectivity index (χ3v) is 2.91. The minimum absolute atomic E-state index is 0.119. The first-order chi connectivity index (χ1) is 9.41. The number of rotatable bonds is 7. The maximum absolute atomic E-state index is 10.8. The van der Waals surface area contributed by atoms with Gasteiger partial charge < -0.3 is 15.5 Å². The SMILES string of the molecule is CC(=O)NCCOc1cccc(NS(=O)O)c1C(=N)P. The lowest BCUT2D eigenvalue weighted by molar-refractivity contribution is -0.119. The van der Waals surface area contributed by atoms with E-state index < -0.39 is 11.3 Å². The molecule has 0 bridgehead atoms. The Kier molecular flexibility index (Phi) is 6.57. The zero-order valence-corrected chi connectivity index (χ0v) is 12.8. The number of carbonyl (C=O) groups excluding carboxylic acids is 1. The van der Waals surface area contributed by atoms with Gasteiger partial charge in [-0.05, 0) is 12.1 Å². The van der Waals surface area contributed by atoms with E-state index in [-0.39, 0.29) is 18.0 Å². The van der Waals surface area contributed by atoms with Crippen LogP contribution in [0.1, 0.15) is 12.5 Å². The summed E-state index contributed by atoms with van der Waals surface area (Å²) in [6.07, 6.45) is 0. The highest BCUT2D eigenvalue weighted by Crippen LogP contribution is 2.29. The largest absolute Gasteiger partial charge is 0.491 e. The maximum atomic E-state index is 10.8. The van der Waals surface area contributed by atoms with E-state index in [4.69, 9.17) is 14.7 Å². The van der Waals surface area contributed by atoms with E-state index >= 15 is 0 Å². The van der Waals surface area contributed by atoms with Crippen molar-refractivity contribution in [1.29, 1.82) is 5.41 Å². The van der Waals surface area contributed by atoms with Crippen molar-refractivity contribution >= 4 is 37.6 Å². The molecule has 0 saturated heterocycles. The monoisotopic (exact) mass is 317 g/mol. The standard InChI is InChI=1S/C11H16N3O4PS/c1-7(15)13-5-6-18-9-4-2-3-8(14-20(16)17)10(9)11(12)19/h2-4,12,14H,5-6,19H2,1H3,(H,13,15)(H,16,17). The first kappa shape index (κ1) is 16.6. The van der Waals surface area contributed by atoms with Crippen LogP contribution >= 0.6 is 9.24 Å². The summed E-state index contributed by atoms with van der Waals surface area (Å²) in [4.78, 5) is 10.7. The molecule has 9 heteroatoms. The molecule has 0 radical (unpaired) electrons. The Bertz CT molecular complexity index is 538. The molecule has 0 aliphatic rings. The molecular formula is C11H16N3O4PS. The Morgan fingerprint density at radius 3 is 2.80 bits per heavy atom. The van der Waals surface area contributed by atoms with Gasteiger partial charge in [-0.15, -0.1) is 0 Å². The van der Waals surface area contributed by atoms with Gasteiger partial charge in [-0.3, -0.25) is 14.1 Å². The van der Waals surface area contributed by atoms with Gasteiger partial charge in [0.1, 0.15) is 12.4 Å². The summed E-state index contributed by atoms with van der Waals surface area (Å²) in [5, 5.41) is 10.3. The van der Waals surface area contributed by atoms with Gasteiger partial charge in [0.15, 0.2) is 0 Å². The van der Waals surface area contributed by atoms with Crippen LogP contribution in [0.4, 0.5) is 5.69 Å². The molecule has 0 saturated carbocycles. The molecule has 1 aromatic carbocycles. The van der Waals surface area contributed by atoms with Crippen LogP contribution < -0.4 is 14.8 Å². The second-order valence-electron chi connectivity index (χ2n) is 3.78. The van der Waals surface area contributed by atoms with Crippen molar-refractivity contribution in [2.24, 2.45) is 0 Å². The van der Waals surface area contributed by atoms with Crippen LogP contribution in [0.2, 0.25) is 0 Å². The van der Waals surface area contributed by atoms with E-state index in [0.717, 1.165) is 0 Å². The summed E-state index contributed by atoms with van der Waals surface area (Å²) >= 11 is -2.23. The van der Waals surface area contributed by atoms with E-state index in [1.165, 1.54) is 6.92 Å². The van der Waals surface area contributed by atoms with Gasteiger partial charge in [-0.2, -0.15) is 0 Å². The third-order valence-electron chi connectivity index (χ3n) is 2.23. The van der Waals surface area contributed by atoms with E-state index in [1.807, 2.05) is 0 Å². The second-order valence-corrected chi connectivity index (χ2v) is 5.05. The van der Waals surface area contributed by atoms with Crippen LogP contribution in [0, 0.1) is 5.41 Å². The molecule has 0 aliphatic carbocycles. The average molecular weight is 317 g/mol. The van der Waals surface area contributed by atoms with Crippen molar-refractivity contribution in [1.82, 2.24) is 5.32 Å². The summed E-state index contributed by atoms with van der Waals surface area (Å²) in [5.41, 5.74) is 0.818. The topological polar surface area (TPSA) is 112 Å². The van der Waals surface area contributed by atoms with Crippen LogP contribution in [0.3, 0.4) is 0 Å². The lowest BCUT2D eigenvalue weighted by Gasteiger charge is -2.14. The molecule has 0 fully saturated rings. The van der Waals surface area contributed by atoms with Gasteiger partial charge >= 0.3 is 0 Å². The quantitative estimate of drug-likeness (QED) is 0.260. The number of ether oxygens (including phenoxy) is 1. The number of nitrogens with one attached hydrogen (secondary N) is 3. The van der Waals surface area contributed by atoms with Crippen LogP contribution in [0.15, 0.2) is 18.2 Å². The van der Waals surface area contributed by atoms with Crippen LogP contribution in [-0.4, -0.2) is 33.3 Å². The van der Waals surface area contributed by atoms with E-state index in [2.05, 4.69) is 19.3 Å². The molecule has 0 aromatic heterocycles. The molecule has 4 N–H and O–H groups in total. The summed E-state index contributed by atoms with van der Waals surface area (Å²) in [6, 6.07) is 4.86. The van der Waals surface area contributed by atoms with Crippen molar-refractivity contribution in [3.05, 3.63) is 23.8 Å². The predicted octanol–water partition coefficient (Wildman–Crippen LogP) is 0.951. The molecule has 7 nitrogen and oxygen atoms in total. The number of anilines is 1. The van der Waals surface area contributed by atoms with Crippen molar-refractivity contribution in [2.75, 3.05) is 17.9 Å². The summed E-state index contributed by atoms with van der Waals surface area (Å²) in [6.45, 7) is 1.98. The number of benzene rings is 1. The molecule has 0 spiro atoms. The van der Waals surface area contributed by atoms with Gasteiger partial charge in [0, 0.05) is 6.92 Å². The molecule has 2 unspecified atom stereocenters. The minimum Gasteiger partial charge on any atom is -0.491 e. The summed E-state index contributed by atoms with van der Waals surface area (Å²) in [5.74, 6) is 0.240. The van der Waals surface area contributed by atoms with Crippen LogP contribution in [0.25, 0.3) is 0 Å². The highest BCUT2D eigenvalue weighted by Gasteiger charge is 2.13. The maximum Gasteiger partial charge on any atom is 0.259 e. The van der Waals surface area contributed by atoms with Crippen molar-refractivity contribution in [2.45, 2.75) is 6.92 Å².